The van der Waals surface area contributed by atoms with Crippen molar-refractivity contribution in [1.82, 2.24) is 30.4 Å². The van der Waals surface area contributed by atoms with E-state index in [2.05, 4.69) is 20.8 Å². The van der Waals surface area contributed by atoms with Crippen molar-refractivity contribution in [2.75, 3.05) is 11.5 Å². The summed E-state index contributed by atoms with van der Waals surface area (Å²) in [4.78, 5) is 52.8. The smallest absolute Gasteiger partial charge is 0.352 e. The molecule has 0 bridgehead atoms. The lowest BCUT2D eigenvalue weighted by Gasteiger charge is -2.49. The number of carbonyl (C=O) groups excluding carboxylic acids is 3. The summed E-state index contributed by atoms with van der Waals surface area (Å²) in [6.07, 6.45) is 1.54. The topological polar surface area (TPSA) is 157 Å². The Kier molecular flexibility index (Phi) is 8.32. The highest BCUT2D eigenvalue weighted by atomic mass is 32.2. The van der Waals surface area contributed by atoms with E-state index in [0.29, 0.717) is 21.4 Å². The molecule has 4 heterocycles. The second-order valence-corrected chi connectivity index (χ2v) is 11.6. The molecule has 0 spiro atoms. The van der Waals surface area contributed by atoms with Crippen LogP contribution in [0.1, 0.15) is 16.5 Å². The van der Waals surface area contributed by atoms with Crippen molar-refractivity contribution < 1.29 is 29.0 Å². The summed E-state index contributed by atoms with van der Waals surface area (Å²) in [5, 5.41) is 25.4. The average molecular weight is 599 g/mol. The van der Waals surface area contributed by atoms with Crippen molar-refractivity contribution in [1.29, 1.82) is 0 Å². The Hall–Kier alpha value is -3.95. The summed E-state index contributed by atoms with van der Waals surface area (Å²) in [5.74, 6) is -2.55. The van der Waals surface area contributed by atoms with Gasteiger partial charge in [-0.2, -0.15) is 0 Å². The summed E-state index contributed by atoms with van der Waals surface area (Å²) in [5.41, 5.74) is 1.24. The van der Waals surface area contributed by atoms with Gasteiger partial charge in [0.1, 0.15) is 17.1 Å². The quantitative estimate of drug-likeness (QED) is 0.152. The predicted molar refractivity (Wildman–Crippen MR) is 148 cm³/mol. The van der Waals surface area contributed by atoms with Crippen LogP contribution in [0.25, 0.3) is 6.08 Å². The van der Waals surface area contributed by atoms with E-state index in [1.165, 1.54) is 50.5 Å². The number of aliphatic carboxylic acids is 1. The van der Waals surface area contributed by atoms with Crippen LogP contribution in [-0.2, 0) is 31.0 Å². The molecule has 5 rings (SSSR count). The highest BCUT2D eigenvalue weighted by Crippen LogP contribution is 2.41. The number of carbonyl (C=O) groups is 4. The van der Waals surface area contributed by atoms with E-state index < -0.39 is 41.3 Å². The zero-order valence-electron chi connectivity index (χ0n) is 20.9. The number of hydrogen-bond acceptors (Lipinski definition) is 11. The molecule has 2 amide bonds. The zero-order valence-corrected chi connectivity index (χ0v) is 23.3. The Morgan fingerprint density at radius 1 is 1.25 bits per heavy atom. The van der Waals surface area contributed by atoms with E-state index in [1.807, 2.05) is 30.3 Å². The number of nitrogens with one attached hydrogen (secondary N) is 1. The van der Waals surface area contributed by atoms with E-state index in [0.717, 1.165) is 5.56 Å². The second kappa shape index (κ2) is 12.1. The molecular formula is C25H22N6O6S3. The normalized spacial score (nSPS) is 19.2. The van der Waals surface area contributed by atoms with Crippen LogP contribution in [0.5, 0.6) is 0 Å². The van der Waals surface area contributed by atoms with Crippen molar-refractivity contribution in [3.8, 4) is 0 Å². The monoisotopic (exact) mass is 598 g/mol. The molecule has 2 aliphatic heterocycles. The third-order valence-corrected chi connectivity index (χ3v) is 9.34. The molecule has 15 heteroatoms. The number of aryl methyl sites for hydroxylation is 1. The number of β-lactam (4-membered cyclic amide) rings is 1. The Bertz CT molecular complexity index is 1490. The van der Waals surface area contributed by atoms with Gasteiger partial charge in [-0.3, -0.25) is 14.5 Å². The molecule has 1 saturated heterocycles. The fourth-order valence-corrected chi connectivity index (χ4v) is 7.17. The van der Waals surface area contributed by atoms with Gasteiger partial charge in [0.05, 0.1) is 4.88 Å². The number of benzene rings is 1. The second-order valence-electron chi connectivity index (χ2n) is 8.60. The van der Waals surface area contributed by atoms with E-state index >= 15 is 0 Å². The van der Waals surface area contributed by atoms with E-state index in [-0.39, 0.29) is 11.4 Å². The number of thiophene rings is 1. The minimum absolute atomic E-state index is 0.103. The first kappa shape index (κ1) is 27.6. The molecule has 2 N–H and O–H groups in total. The van der Waals surface area contributed by atoms with Gasteiger partial charge < -0.3 is 15.2 Å². The fraction of sp³-hybridized carbons (Fsp3) is 0.240. The maximum absolute atomic E-state index is 13.3. The summed E-state index contributed by atoms with van der Waals surface area (Å²) >= 11 is 3.85. The van der Waals surface area contributed by atoms with Crippen molar-refractivity contribution >= 4 is 64.7 Å². The Morgan fingerprint density at radius 2 is 2.05 bits per heavy atom. The fourth-order valence-electron chi connectivity index (χ4n) is 4.08. The molecule has 0 saturated carbocycles. The molecule has 2 unspecified atom stereocenters. The maximum atomic E-state index is 13.3. The molecule has 0 aliphatic carbocycles. The molecule has 1 fully saturated rings. The lowest BCUT2D eigenvalue weighted by molar-refractivity contribution is -0.156. The van der Waals surface area contributed by atoms with Crippen LogP contribution in [0.4, 0.5) is 0 Å². The highest BCUT2D eigenvalue weighted by molar-refractivity contribution is 8.01. The number of rotatable bonds is 10. The van der Waals surface area contributed by atoms with E-state index in [9.17, 15) is 24.3 Å². The largest absolute Gasteiger partial charge is 0.477 e. The molecule has 3 atom stereocenters. The number of nitrogens with zero attached hydrogens (tertiary/aromatic N) is 5. The molecule has 206 valence electrons. The highest BCUT2D eigenvalue weighted by Gasteiger charge is 2.54. The average Bonchev–Trinajstić information content (AvgIpc) is 3.64. The number of aromatic nitrogens is 4. The van der Waals surface area contributed by atoms with Crippen LogP contribution in [0.15, 0.2) is 70.3 Å². The van der Waals surface area contributed by atoms with Gasteiger partial charge in [0, 0.05) is 24.6 Å². The minimum Gasteiger partial charge on any atom is -0.477 e. The molecule has 1 aromatic carbocycles. The van der Waals surface area contributed by atoms with Crippen LogP contribution in [-0.4, -0.2) is 76.9 Å². The first-order valence-electron chi connectivity index (χ1n) is 11.9. The van der Waals surface area contributed by atoms with Gasteiger partial charge in [-0.15, -0.1) is 28.2 Å². The van der Waals surface area contributed by atoms with Gasteiger partial charge >= 0.3 is 11.9 Å². The predicted octanol–water partition coefficient (Wildman–Crippen LogP) is 2.10. The van der Waals surface area contributed by atoms with E-state index in [4.69, 9.17) is 4.74 Å². The SMILES string of the molecule is Cn1nnnc1SCC1=C(C(=O)O)N2C(=O)C(NC(=O)C(OC(=O)C=Cc3ccccc3)c3cccs3)[C@@H]2SC1. The lowest BCUT2D eigenvalue weighted by Crippen LogP contribution is -2.71. The zero-order chi connectivity index (χ0) is 28.2. The van der Waals surface area contributed by atoms with Gasteiger partial charge in [0.2, 0.25) is 11.3 Å². The minimum atomic E-state index is -1.27. The lowest BCUT2D eigenvalue weighted by atomic mass is 10.0. The summed E-state index contributed by atoms with van der Waals surface area (Å²) in [6, 6.07) is 11.6. The molecule has 2 aliphatic rings. The van der Waals surface area contributed by atoms with Crippen molar-refractivity contribution in [3.05, 3.63) is 75.6 Å². The van der Waals surface area contributed by atoms with Crippen LogP contribution >= 0.6 is 34.9 Å². The number of esters is 1. The molecule has 12 nitrogen and oxygen atoms in total. The number of carboxylic acids is 1. The molecule has 2 aromatic heterocycles. The number of hydrogen-bond donors (Lipinski definition) is 2. The number of thioether (sulfide) groups is 2. The van der Waals surface area contributed by atoms with Crippen LogP contribution in [0.3, 0.4) is 0 Å². The summed E-state index contributed by atoms with van der Waals surface area (Å²) in [6.45, 7) is 0. The van der Waals surface area contributed by atoms with Crippen molar-refractivity contribution in [3.63, 3.8) is 0 Å². The Balaban J connectivity index is 1.27. The molecule has 40 heavy (non-hydrogen) atoms. The van der Waals surface area contributed by atoms with Gasteiger partial charge in [-0.1, -0.05) is 48.2 Å². The first-order valence-corrected chi connectivity index (χ1v) is 14.8. The number of amides is 2. The van der Waals surface area contributed by atoms with Crippen molar-refractivity contribution in [2.45, 2.75) is 22.7 Å². The molecule has 3 aromatic rings. The summed E-state index contributed by atoms with van der Waals surface area (Å²) < 4.78 is 6.96. The van der Waals surface area contributed by atoms with Crippen LogP contribution in [0.2, 0.25) is 0 Å². The third-order valence-electron chi connectivity index (χ3n) is 5.99. The number of ether oxygens (including phenoxy) is 1. The number of carboxylic acid groups (broad SMARTS) is 1. The van der Waals surface area contributed by atoms with Gasteiger partial charge in [-0.05, 0) is 39.1 Å². The number of fused-ring (bicyclic) bond motifs is 1. The summed E-state index contributed by atoms with van der Waals surface area (Å²) in [7, 11) is 1.67. The Morgan fingerprint density at radius 3 is 2.73 bits per heavy atom. The molecular weight excluding hydrogens is 577 g/mol. The van der Waals surface area contributed by atoms with Crippen LogP contribution < -0.4 is 5.32 Å². The van der Waals surface area contributed by atoms with Crippen LogP contribution in [0, 0.1) is 0 Å². The standard InChI is InChI=1S/C25H22N6O6S3/c1-30-25(27-28-29-30)40-13-15-12-39-23-18(22(34)31(23)19(15)24(35)36)26-21(33)20(16-8-5-11-38-16)37-17(32)10-9-14-6-3-2-4-7-14/h2-11,18,20,23H,12-13H2,1H3,(H,26,33)(H,35,36)/t18?,20?,23-/m0/s1. The number of tetrazole rings is 1. The van der Waals surface area contributed by atoms with E-state index in [1.54, 1.807) is 30.6 Å². The third kappa shape index (κ3) is 5.80. The maximum Gasteiger partial charge on any atom is 0.352 e. The van der Waals surface area contributed by atoms with Gasteiger partial charge in [0.15, 0.2) is 0 Å². The van der Waals surface area contributed by atoms with Gasteiger partial charge in [-0.25, -0.2) is 14.3 Å². The van der Waals surface area contributed by atoms with Gasteiger partial charge in [0.25, 0.3) is 11.8 Å². The van der Waals surface area contributed by atoms with Crippen molar-refractivity contribution in [2.24, 2.45) is 7.05 Å². The molecule has 0 radical (unpaired) electrons. The Labute approximate surface area is 240 Å². The first-order chi connectivity index (χ1) is 19.3.